The van der Waals surface area contributed by atoms with E-state index in [9.17, 15) is 5.11 Å². The van der Waals surface area contributed by atoms with Gasteiger partial charge in [0.1, 0.15) is 0 Å². The molecule has 0 heterocycles. The summed E-state index contributed by atoms with van der Waals surface area (Å²) in [7, 11) is 0. The van der Waals surface area contributed by atoms with Crippen LogP contribution in [0.1, 0.15) is 81.1 Å². The van der Waals surface area contributed by atoms with Crippen molar-refractivity contribution in [2.45, 2.75) is 86.7 Å². The Morgan fingerprint density at radius 3 is 2.05 bits per heavy atom. The minimum absolute atomic E-state index is 0.127. The molecule has 0 aromatic rings. The topological polar surface area (TPSA) is 20.2 Å². The summed E-state index contributed by atoms with van der Waals surface area (Å²) in [5, 5.41) is 10.8. The summed E-state index contributed by atoms with van der Waals surface area (Å²) in [6.45, 7) is 20.8. The van der Waals surface area contributed by atoms with Crippen molar-refractivity contribution in [2.24, 2.45) is 11.8 Å². The van der Waals surface area contributed by atoms with E-state index in [2.05, 4.69) is 158 Å². The first-order valence-corrected chi connectivity index (χ1v) is 14.7. The van der Waals surface area contributed by atoms with Crippen LogP contribution in [0.3, 0.4) is 0 Å². The Hall–Kier alpha value is -3.16. The predicted octanol–water partition coefficient (Wildman–Crippen LogP) is 11.2. The minimum atomic E-state index is -0.653. The maximum Gasteiger partial charge on any atom is 0.0688 e. The summed E-state index contributed by atoms with van der Waals surface area (Å²) >= 11 is 0. The first kappa shape index (κ1) is 34.9. The standard InChI is InChI=1S/C39H54O/c1-10-11-13-19-32(4)20-14-12-15-22-35(7)30-36(8)23-17-16-21-33(5)24-18-25-34(6)26-27-38-37(31(2)3)28-29-39(38,9)40/h10-12,14-18,20-27,30,37-38,40H,2,13,19,28-29H2,1,3-9H3/b11-10+,14-12+,17-16+,22-15+,24-18+,27-26+,32-20+,33-21+,34-25+,35-30+,36-23+/t37-,38-,39+/m1/s1. The lowest BCUT2D eigenvalue weighted by molar-refractivity contribution is 0.0331. The SMILES string of the molecule is C=C(C)[C@H]1CC[C@](C)(O)[C@@H]1/C=C/C(C)=C/C=C/C(C)=C/C=C/C=C(C)/C=C(C)/C=C/C=C/C=C(\C)CC/C=C/C. The molecule has 1 aliphatic rings. The van der Waals surface area contributed by atoms with Crippen molar-refractivity contribution in [1.29, 1.82) is 0 Å². The molecule has 1 fully saturated rings. The van der Waals surface area contributed by atoms with E-state index in [0.717, 1.165) is 31.3 Å². The van der Waals surface area contributed by atoms with Crippen LogP contribution < -0.4 is 0 Å². The number of hydrogen-bond donors (Lipinski definition) is 1. The molecule has 0 aliphatic heterocycles. The molecule has 216 valence electrons. The Morgan fingerprint density at radius 2 is 1.38 bits per heavy atom. The Bertz CT molecular complexity index is 1150. The smallest absolute Gasteiger partial charge is 0.0688 e. The van der Waals surface area contributed by atoms with Gasteiger partial charge in [-0.3, -0.25) is 0 Å². The third-order valence-corrected chi connectivity index (χ3v) is 7.22. The summed E-state index contributed by atoms with van der Waals surface area (Å²) in [6.07, 6.45) is 40.2. The predicted molar refractivity (Wildman–Crippen MR) is 180 cm³/mol. The minimum Gasteiger partial charge on any atom is -0.390 e. The summed E-state index contributed by atoms with van der Waals surface area (Å²) in [5.74, 6) is 0.485. The molecular formula is C39H54O. The van der Waals surface area contributed by atoms with Crippen molar-refractivity contribution in [1.82, 2.24) is 0 Å². The molecule has 0 bridgehead atoms. The Balaban J connectivity index is 2.60. The number of hydrogen-bond acceptors (Lipinski definition) is 1. The quantitative estimate of drug-likeness (QED) is 0.172. The van der Waals surface area contributed by atoms with Gasteiger partial charge in [-0.05, 0) is 87.0 Å². The van der Waals surface area contributed by atoms with E-state index in [4.69, 9.17) is 0 Å². The second-order valence-electron chi connectivity index (χ2n) is 11.5. The Labute approximate surface area is 246 Å². The third-order valence-electron chi connectivity index (χ3n) is 7.22. The van der Waals surface area contributed by atoms with Crippen molar-refractivity contribution < 1.29 is 5.11 Å². The molecule has 0 aromatic carbocycles. The van der Waals surface area contributed by atoms with E-state index in [1.807, 2.05) is 6.92 Å². The largest absolute Gasteiger partial charge is 0.390 e. The normalized spacial score (nSPS) is 24.5. The van der Waals surface area contributed by atoms with E-state index in [1.165, 1.54) is 27.9 Å². The molecule has 1 N–H and O–H groups in total. The Morgan fingerprint density at radius 1 is 0.775 bits per heavy atom. The summed E-state index contributed by atoms with van der Waals surface area (Å²) in [5.41, 5.74) is 6.69. The highest BCUT2D eigenvalue weighted by Gasteiger charge is 2.42. The fourth-order valence-corrected chi connectivity index (χ4v) is 4.76. The van der Waals surface area contributed by atoms with Gasteiger partial charge in [0.25, 0.3) is 0 Å². The lowest BCUT2D eigenvalue weighted by Crippen LogP contribution is -2.30. The first-order valence-electron chi connectivity index (χ1n) is 14.7. The second-order valence-corrected chi connectivity index (χ2v) is 11.5. The zero-order chi connectivity index (χ0) is 30.0. The van der Waals surface area contributed by atoms with Crippen LogP contribution in [0.4, 0.5) is 0 Å². The van der Waals surface area contributed by atoms with E-state index in [0.29, 0.717) is 5.92 Å². The second kappa shape index (κ2) is 19.0. The van der Waals surface area contributed by atoms with Crippen LogP contribution in [0.25, 0.3) is 0 Å². The van der Waals surface area contributed by atoms with Gasteiger partial charge in [0, 0.05) is 5.92 Å². The molecule has 1 rings (SSSR count). The van der Waals surface area contributed by atoms with Gasteiger partial charge in [0.2, 0.25) is 0 Å². The van der Waals surface area contributed by atoms with Crippen LogP contribution in [0.15, 0.2) is 143 Å². The molecule has 0 saturated heterocycles. The maximum absolute atomic E-state index is 10.8. The van der Waals surface area contributed by atoms with Crippen LogP contribution in [0, 0.1) is 11.8 Å². The van der Waals surface area contributed by atoms with Crippen molar-refractivity contribution >= 4 is 0 Å². The van der Waals surface area contributed by atoms with E-state index in [-0.39, 0.29) is 5.92 Å². The van der Waals surface area contributed by atoms with Crippen LogP contribution in [0.5, 0.6) is 0 Å². The molecule has 0 unspecified atom stereocenters. The van der Waals surface area contributed by atoms with Crippen LogP contribution >= 0.6 is 0 Å². The van der Waals surface area contributed by atoms with Gasteiger partial charge >= 0.3 is 0 Å². The van der Waals surface area contributed by atoms with Gasteiger partial charge in [0.05, 0.1) is 5.60 Å². The molecule has 1 nitrogen and oxygen atoms in total. The monoisotopic (exact) mass is 538 g/mol. The first-order chi connectivity index (χ1) is 19.0. The van der Waals surface area contributed by atoms with Gasteiger partial charge in [0.15, 0.2) is 0 Å². The number of allylic oxidation sites excluding steroid dienone is 22. The van der Waals surface area contributed by atoms with Gasteiger partial charge in [-0.1, -0.05) is 143 Å². The zero-order valence-corrected chi connectivity index (χ0v) is 26.5. The molecule has 0 amide bonds. The molecular weight excluding hydrogens is 484 g/mol. The van der Waals surface area contributed by atoms with Gasteiger partial charge in [-0.2, -0.15) is 0 Å². The molecule has 1 heteroatoms. The molecule has 0 radical (unpaired) electrons. The highest BCUT2D eigenvalue weighted by Crippen LogP contribution is 2.44. The fourth-order valence-electron chi connectivity index (χ4n) is 4.76. The van der Waals surface area contributed by atoms with Crippen LogP contribution in [0.2, 0.25) is 0 Å². The van der Waals surface area contributed by atoms with Crippen molar-refractivity contribution in [3.63, 3.8) is 0 Å². The van der Waals surface area contributed by atoms with Gasteiger partial charge < -0.3 is 5.11 Å². The fraction of sp³-hybridized carbons (Fsp3) is 0.385. The van der Waals surface area contributed by atoms with E-state index < -0.39 is 5.60 Å². The van der Waals surface area contributed by atoms with Crippen LogP contribution in [-0.4, -0.2) is 10.7 Å². The van der Waals surface area contributed by atoms with E-state index in [1.54, 1.807) is 0 Å². The average molecular weight is 539 g/mol. The summed E-state index contributed by atoms with van der Waals surface area (Å²) in [4.78, 5) is 0. The lowest BCUT2D eigenvalue weighted by Gasteiger charge is -2.27. The summed E-state index contributed by atoms with van der Waals surface area (Å²) in [6, 6.07) is 0. The molecule has 40 heavy (non-hydrogen) atoms. The van der Waals surface area contributed by atoms with Crippen molar-refractivity contribution in [2.75, 3.05) is 0 Å². The zero-order valence-electron chi connectivity index (χ0n) is 26.5. The summed E-state index contributed by atoms with van der Waals surface area (Å²) < 4.78 is 0. The molecule has 3 atom stereocenters. The van der Waals surface area contributed by atoms with Crippen LogP contribution in [-0.2, 0) is 0 Å². The number of aliphatic hydroxyl groups is 1. The lowest BCUT2D eigenvalue weighted by atomic mass is 9.83. The molecule has 0 spiro atoms. The average Bonchev–Trinajstić information content (AvgIpc) is 3.19. The Kier molecular flexibility index (Phi) is 16.6. The maximum atomic E-state index is 10.8. The van der Waals surface area contributed by atoms with Gasteiger partial charge in [-0.15, -0.1) is 0 Å². The third kappa shape index (κ3) is 14.8. The molecule has 1 saturated carbocycles. The molecule has 0 aromatic heterocycles. The van der Waals surface area contributed by atoms with Crippen molar-refractivity contribution in [3.8, 4) is 0 Å². The molecule has 1 aliphatic carbocycles. The number of rotatable bonds is 14. The van der Waals surface area contributed by atoms with E-state index >= 15 is 0 Å². The van der Waals surface area contributed by atoms with Crippen molar-refractivity contribution in [3.05, 3.63) is 143 Å². The highest BCUT2D eigenvalue weighted by atomic mass is 16.3. The van der Waals surface area contributed by atoms with Gasteiger partial charge in [-0.25, -0.2) is 0 Å². The highest BCUT2D eigenvalue weighted by molar-refractivity contribution is 5.33.